The summed E-state index contributed by atoms with van der Waals surface area (Å²) in [6.45, 7) is 9.04. The monoisotopic (exact) mass is 496 g/mol. The van der Waals surface area contributed by atoms with Crippen LogP contribution in [-0.4, -0.2) is 23.3 Å². The third kappa shape index (κ3) is 4.20. The van der Waals surface area contributed by atoms with Gasteiger partial charge in [0.15, 0.2) is 6.29 Å². The van der Waals surface area contributed by atoms with E-state index in [4.69, 9.17) is 9.47 Å². The van der Waals surface area contributed by atoms with Crippen molar-refractivity contribution in [3.05, 3.63) is 106 Å². The van der Waals surface area contributed by atoms with E-state index in [1.807, 2.05) is 48.5 Å². The van der Waals surface area contributed by atoms with Crippen LogP contribution in [0.15, 0.2) is 72.8 Å². The van der Waals surface area contributed by atoms with Gasteiger partial charge in [-0.15, -0.1) is 0 Å². The van der Waals surface area contributed by atoms with E-state index in [1.165, 1.54) is 22.3 Å². The highest BCUT2D eigenvalue weighted by molar-refractivity contribution is 5.89. The fourth-order valence-electron chi connectivity index (χ4n) is 7.44. The van der Waals surface area contributed by atoms with Crippen LogP contribution < -0.4 is 0 Å². The molecule has 1 N–H and O–H groups in total. The first-order valence-corrected chi connectivity index (χ1v) is 13.5. The molecule has 3 aromatic rings. The number of aliphatic hydroxyl groups excluding tert-OH is 1. The van der Waals surface area contributed by atoms with Crippen molar-refractivity contribution >= 4 is 5.97 Å². The molecule has 4 heteroatoms. The molecule has 6 rings (SSSR count). The minimum Gasteiger partial charge on any atom is -0.456 e. The van der Waals surface area contributed by atoms with Crippen LogP contribution in [0.3, 0.4) is 0 Å². The van der Waals surface area contributed by atoms with Gasteiger partial charge in [-0.25, -0.2) is 4.79 Å². The van der Waals surface area contributed by atoms with Crippen molar-refractivity contribution in [2.75, 3.05) is 0 Å². The molecule has 0 radical (unpaired) electrons. The summed E-state index contributed by atoms with van der Waals surface area (Å²) in [7, 11) is 0. The SMILES string of the molecule is Cc1cc2c(cc1C(C)(C)C)C1C(C2)C2CC1C(OC(O)c1ccccc1)C2OC(=O)c1ccccc1. The zero-order valence-electron chi connectivity index (χ0n) is 22.1. The maximum atomic E-state index is 13.1. The summed E-state index contributed by atoms with van der Waals surface area (Å²) < 4.78 is 12.6. The molecule has 7 atom stereocenters. The second-order valence-corrected chi connectivity index (χ2v) is 12.2. The Morgan fingerprint density at radius 1 is 0.919 bits per heavy atom. The van der Waals surface area contributed by atoms with Crippen molar-refractivity contribution in [3.8, 4) is 0 Å². The summed E-state index contributed by atoms with van der Waals surface area (Å²) in [4.78, 5) is 13.1. The number of carbonyl (C=O) groups excluding carboxylic acids is 1. The number of aliphatic hydroxyl groups is 1. The first-order valence-electron chi connectivity index (χ1n) is 13.5. The molecule has 0 heterocycles. The summed E-state index contributed by atoms with van der Waals surface area (Å²) in [6.07, 6.45) is 0.159. The molecular weight excluding hydrogens is 460 g/mol. The lowest BCUT2D eigenvalue weighted by Crippen LogP contribution is -2.44. The Balaban J connectivity index is 1.34. The lowest BCUT2D eigenvalue weighted by Gasteiger charge is -2.38. The van der Waals surface area contributed by atoms with Gasteiger partial charge in [0.25, 0.3) is 0 Å². The number of ether oxygens (including phenoxy) is 2. The van der Waals surface area contributed by atoms with Crippen molar-refractivity contribution in [3.63, 3.8) is 0 Å². The van der Waals surface area contributed by atoms with Crippen molar-refractivity contribution in [1.82, 2.24) is 0 Å². The molecule has 0 amide bonds. The molecule has 2 bridgehead atoms. The Labute approximate surface area is 219 Å². The van der Waals surface area contributed by atoms with Gasteiger partial charge in [-0.2, -0.15) is 0 Å². The van der Waals surface area contributed by atoms with Gasteiger partial charge in [-0.3, -0.25) is 0 Å². The maximum Gasteiger partial charge on any atom is 0.338 e. The molecule has 0 saturated heterocycles. The van der Waals surface area contributed by atoms with E-state index in [-0.39, 0.29) is 35.4 Å². The number of esters is 1. The number of benzene rings is 3. The van der Waals surface area contributed by atoms with E-state index in [2.05, 4.69) is 39.8 Å². The van der Waals surface area contributed by atoms with Crippen LogP contribution in [0.2, 0.25) is 0 Å². The summed E-state index contributed by atoms with van der Waals surface area (Å²) in [5.74, 6) is 0.872. The highest BCUT2D eigenvalue weighted by Gasteiger charge is 2.63. The molecule has 2 fully saturated rings. The Kier molecular flexibility index (Phi) is 6.00. The van der Waals surface area contributed by atoms with Crippen LogP contribution in [0, 0.1) is 24.7 Å². The topological polar surface area (TPSA) is 55.8 Å². The molecule has 192 valence electrons. The highest BCUT2D eigenvalue weighted by Crippen LogP contribution is 2.63. The molecule has 0 spiro atoms. The zero-order chi connectivity index (χ0) is 25.9. The minimum atomic E-state index is -1.06. The number of rotatable bonds is 5. The quantitative estimate of drug-likeness (QED) is 0.324. The summed E-state index contributed by atoms with van der Waals surface area (Å²) in [5.41, 5.74) is 6.93. The van der Waals surface area contributed by atoms with E-state index in [1.54, 1.807) is 12.1 Å². The second-order valence-electron chi connectivity index (χ2n) is 12.2. The van der Waals surface area contributed by atoms with E-state index in [9.17, 15) is 9.90 Å². The van der Waals surface area contributed by atoms with Crippen molar-refractivity contribution in [2.45, 2.75) is 70.4 Å². The third-order valence-electron chi connectivity index (χ3n) is 8.92. The average Bonchev–Trinajstić information content (AvgIpc) is 3.53. The van der Waals surface area contributed by atoms with Gasteiger partial charge >= 0.3 is 5.97 Å². The molecule has 3 aliphatic rings. The standard InChI is InChI=1S/C33H36O4/c1-19-15-22-16-24-25-17-26(28(24)23(22)18-27(19)33(2,3)4)30(37-32(35)21-13-9-6-10-14-21)29(25)36-31(34)20-11-7-5-8-12-20/h5-15,18,24-26,28-30,32,35H,16-17H2,1-4H3. The van der Waals surface area contributed by atoms with Crippen molar-refractivity contribution < 1.29 is 19.4 Å². The first kappa shape index (κ1) is 24.4. The van der Waals surface area contributed by atoms with Crippen LogP contribution >= 0.6 is 0 Å². The molecule has 3 aromatic carbocycles. The molecular formula is C33H36O4. The zero-order valence-corrected chi connectivity index (χ0v) is 22.1. The van der Waals surface area contributed by atoms with Crippen LogP contribution in [-0.2, 0) is 21.3 Å². The summed E-state index contributed by atoms with van der Waals surface area (Å²) in [5, 5.41) is 11.0. The van der Waals surface area contributed by atoms with Crippen molar-refractivity contribution in [1.29, 1.82) is 0 Å². The number of hydrogen-bond acceptors (Lipinski definition) is 4. The highest BCUT2D eigenvalue weighted by atomic mass is 16.6. The number of hydrogen-bond donors (Lipinski definition) is 1. The predicted molar refractivity (Wildman–Crippen MR) is 143 cm³/mol. The predicted octanol–water partition coefficient (Wildman–Crippen LogP) is 6.50. The van der Waals surface area contributed by atoms with Gasteiger partial charge in [-0.1, -0.05) is 81.4 Å². The normalized spacial score (nSPS) is 28.6. The fourth-order valence-corrected chi connectivity index (χ4v) is 7.44. The fraction of sp³-hybridized carbons (Fsp3) is 0.424. The van der Waals surface area contributed by atoms with E-state index >= 15 is 0 Å². The molecule has 7 unspecified atom stereocenters. The van der Waals surface area contributed by atoms with Gasteiger partial charge in [0, 0.05) is 11.5 Å². The van der Waals surface area contributed by atoms with Gasteiger partial charge in [0.05, 0.1) is 5.56 Å². The number of carbonyl (C=O) groups is 1. The molecule has 2 saturated carbocycles. The first-order chi connectivity index (χ1) is 17.7. The Morgan fingerprint density at radius 2 is 1.59 bits per heavy atom. The Bertz CT molecular complexity index is 1290. The third-order valence-corrected chi connectivity index (χ3v) is 8.92. The molecule has 37 heavy (non-hydrogen) atoms. The number of fused-ring (bicyclic) bond motifs is 7. The van der Waals surface area contributed by atoms with Crippen LogP contribution in [0.4, 0.5) is 0 Å². The van der Waals surface area contributed by atoms with Gasteiger partial charge in [0.1, 0.15) is 12.2 Å². The lowest BCUT2D eigenvalue weighted by atomic mass is 9.75. The molecule has 4 nitrogen and oxygen atoms in total. The largest absolute Gasteiger partial charge is 0.456 e. The Hall–Kier alpha value is -2.95. The van der Waals surface area contributed by atoms with Crippen LogP contribution in [0.5, 0.6) is 0 Å². The van der Waals surface area contributed by atoms with Crippen LogP contribution in [0.1, 0.15) is 77.6 Å². The van der Waals surface area contributed by atoms with E-state index < -0.39 is 6.29 Å². The van der Waals surface area contributed by atoms with E-state index in [0.29, 0.717) is 23.0 Å². The van der Waals surface area contributed by atoms with E-state index in [0.717, 1.165) is 12.8 Å². The second kappa shape index (κ2) is 9.11. The number of aryl methyl sites for hydroxylation is 1. The molecule has 0 aromatic heterocycles. The Morgan fingerprint density at radius 3 is 2.27 bits per heavy atom. The lowest BCUT2D eigenvalue weighted by molar-refractivity contribution is -0.188. The smallest absolute Gasteiger partial charge is 0.338 e. The summed E-state index contributed by atoms with van der Waals surface area (Å²) >= 11 is 0. The van der Waals surface area contributed by atoms with Gasteiger partial charge in [0.2, 0.25) is 0 Å². The van der Waals surface area contributed by atoms with Gasteiger partial charge in [-0.05, 0) is 77.3 Å². The van der Waals surface area contributed by atoms with Gasteiger partial charge < -0.3 is 14.6 Å². The molecule has 3 aliphatic carbocycles. The molecule has 0 aliphatic heterocycles. The summed E-state index contributed by atoms with van der Waals surface area (Å²) in [6, 6.07) is 23.4. The minimum absolute atomic E-state index is 0.0714. The van der Waals surface area contributed by atoms with Crippen molar-refractivity contribution in [2.24, 2.45) is 17.8 Å². The maximum absolute atomic E-state index is 13.1. The van der Waals surface area contributed by atoms with Crippen LogP contribution in [0.25, 0.3) is 0 Å². The average molecular weight is 497 g/mol.